The molecule has 5 heteroatoms. The van der Waals surface area contributed by atoms with Crippen molar-refractivity contribution in [2.45, 2.75) is 52.4 Å². The van der Waals surface area contributed by atoms with Crippen molar-refractivity contribution < 1.29 is 13.9 Å². The summed E-state index contributed by atoms with van der Waals surface area (Å²) in [6, 6.07) is 39.1. The molecule has 4 heterocycles. The lowest BCUT2D eigenvalue weighted by molar-refractivity contribution is 0.463. The topological polar surface area (TPSA) is 36.5 Å². The Hall–Kier alpha value is -5.42. The van der Waals surface area contributed by atoms with Crippen LogP contribution in [0.25, 0.3) is 49.4 Å². The van der Waals surface area contributed by atoms with Gasteiger partial charge in [0.2, 0.25) is 0 Å². The minimum atomic E-state index is -0.0150. The van der Waals surface area contributed by atoms with Gasteiger partial charge in [-0.25, -0.2) is 0 Å². The molecule has 0 unspecified atom stereocenters. The second kappa shape index (κ2) is 9.60. The van der Waals surface area contributed by atoms with E-state index < -0.39 is 0 Å². The highest BCUT2D eigenvalue weighted by molar-refractivity contribution is 6.98. The van der Waals surface area contributed by atoms with E-state index in [1.54, 1.807) is 0 Å². The Morgan fingerprint density at radius 3 is 1.76 bits per heavy atom. The number of ether oxygens (including phenoxy) is 2. The third-order valence-electron chi connectivity index (χ3n) is 10.6. The first kappa shape index (κ1) is 28.6. The van der Waals surface area contributed by atoms with Crippen LogP contribution in [0, 0.1) is 0 Å². The van der Waals surface area contributed by atoms with Crippen molar-refractivity contribution in [3.63, 3.8) is 0 Å². The zero-order valence-corrected chi connectivity index (χ0v) is 28.6. The normalized spacial score (nSPS) is 13.8. The summed E-state index contributed by atoms with van der Waals surface area (Å²) < 4.78 is 22.5. The molecule has 0 fully saturated rings. The lowest BCUT2D eigenvalue weighted by Crippen LogP contribution is -2.57. The van der Waals surface area contributed by atoms with Gasteiger partial charge in [0.1, 0.15) is 34.2 Å². The molecule has 0 radical (unpaired) electrons. The van der Waals surface area contributed by atoms with Crippen LogP contribution in [0.15, 0.2) is 114 Å². The van der Waals surface area contributed by atoms with Crippen molar-refractivity contribution in [2.75, 3.05) is 0 Å². The first-order valence-corrected chi connectivity index (χ1v) is 17.2. The maximum atomic E-state index is 6.90. The standard InChI is InChI=1S/C44H36BNO3/c1-43(2,3)25-15-18-35-31(21-25)45-32-22-26(44(4,5)6)16-19-36(32)49-39-24-27(23-38(48-35)41(39)45)46-33-13-9-7-11-28(33)29-17-20-37-40(42(29)46)30-12-8-10-14-34(30)47-37/h7-24H,1-6H3. The van der Waals surface area contributed by atoms with Gasteiger partial charge in [-0.05, 0) is 69.3 Å². The van der Waals surface area contributed by atoms with Gasteiger partial charge >= 0.3 is 0 Å². The van der Waals surface area contributed by atoms with Gasteiger partial charge in [0.05, 0.1) is 22.1 Å². The summed E-state index contributed by atoms with van der Waals surface area (Å²) in [4.78, 5) is 0. The monoisotopic (exact) mass is 637 g/mol. The number of benzene rings is 6. The average molecular weight is 638 g/mol. The summed E-state index contributed by atoms with van der Waals surface area (Å²) in [5.74, 6) is 3.45. The minimum absolute atomic E-state index is 0.00236. The molecule has 6 aromatic carbocycles. The summed E-state index contributed by atoms with van der Waals surface area (Å²) in [6.45, 7) is 13.6. The van der Waals surface area contributed by atoms with Gasteiger partial charge in [0.25, 0.3) is 6.71 Å². The molecule has 2 aromatic heterocycles. The maximum Gasteiger partial charge on any atom is 0.260 e. The van der Waals surface area contributed by atoms with Gasteiger partial charge < -0.3 is 18.5 Å². The number of aromatic nitrogens is 1. The zero-order valence-electron chi connectivity index (χ0n) is 28.6. The smallest absolute Gasteiger partial charge is 0.260 e. The van der Waals surface area contributed by atoms with E-state index in [0.29, 0.717) is 0 Å². The van der Waals surface area contributed by atoms with Gasteiger partial charge in [0.15, 0.2) is 0 Å². The van der Waals surface area contributed by atoms with Crippen LogP contribution in [-0.4, -0.2) is 11.3 Å². The number of hydrogen-bond donors (Lipinski definition) is 0. The highest BCUT2D eigenvalue weighted by Gasteiger charge is 2.42. The van der Waals surface area contributed by atoms with Crippen LogP contribution >= 0.6 is 0 Å². The molecule has 0 bridgehead atoms. The molecule has 0 aliphatic carbocycles. The Labute approximate surface area is 286 Å². The molecule has 0 saturated heterocycles. The Balaban J connectivity index is 1.28. The number of para-hydroxylation sites is 2. The minimum Gasteiger partial charge on any atom is -0.458 e. The van der Waals surface area contributed by atoms with E-state index in [1.807, 2.05) is 12.1 Å². The summed E-state index contributed by atoms with van der Waals surface area (Å²) in [5, 5.41) is 4.58. The molecule has 4 nitrogen and oxygen atoms in total. The van der Waals surface area contributed by atoms with Crippen molar-refractivity contribution in [1.29, 1.82) is 0 Å². The van der Waals surface area contributed by atoms with E-state index in [9.17, 15) is 0 Å². The van der Waals surface area contributed by atoms with Crippen LogP contribution in [-0.2, 0) is 10.8 Å². The molecule has 49 heavy (non-hydrogen) atoms. The predicted octanol–water partition coefficient (Wildman–Crippen LogP) is 10.0. The molecular weight excluding hydrogens is 601 g/mol. The molecule has 10 rings (SSSR count). The third kappa shape index (κ3) is 4.05. The molecule has 0 saturated carbocycles. The zero-order chi connectivity index (χ0) is 33.4. The highest BCUT2D eigenvalue weighted by atomic mass is 16.5. The first-order chi connectivity index (χ1) is 23.5. The molecule has 0 amide bonds. The van der Waals surface area contributed by atoms with Gasteiger partial charge in [0, 0.05) is 33.8 Å². The molecule has 0 spiro atoms. The Kier molecular flexibility index (Phi) is 5.60. The van der Waals surface area contributed by atoms with Crippen LogP contribution in [0.3, 0.4) is 0 Å². The van der Waals surface area contributed by atoms with Gasteiger partial charge in [-0.2, -0.15) is 0 Å². The van der Waals surface area contributed by atoms with Gasteiger partial charge in [-0.1, -0.05) is 102 Å². The van der Waals surface area contributed by atoms with Crippen molar-refractivity contribution in [3.8, 4) is 28.7 Å². The first-order valence-electron chi connectivity index (χ1n) is 17.2. The van der Waals surface area contributed by atoms with Crippen molar-refractivity contribution >= 4 is 66.8 Å². The molecule has 0 atom stereocenters. The van der Waals surface area contributed by atoms with Crippen LogP contribution in [0.1, 0.15) is 52.7 Å². The van der Waals surface area contributed by atoms with Crippen molar-refractivity contribution in [2.24, 2.45) is 0 Å². The van der Waals surface area contributed by atoms with E-state index in [-0.39, 0.29) is 17.5 Å². The van der Waals surface area contributed by atoms with Crippen molar-refractivity contribution in [3.05, 3.63) is 120 Å². The third-order valence-corrected chi connectivity index (χ3v) is 10.6. The molecule has 2 aliphatic rings. The molecule has 8 aromatic rings. The Morgan fingerprint density at radius 1 is 0.531 bits per heavy atom. The van der Waals surface area contributed by atoms with Crippen LogP contribution < -0.4 is 25.9 Å². The maximum absolute atomic E-state index is 6.90. The number of rotatable bonds is 1. The largest absolute Gasteiger partial charge is 0.458 e. The summed E-state index contributed by atoms with van der Waals surface area (Å²) in [6.07, 6.45) is 0. The Bertz CT molecular complexity index is 2610. The number of nitrogens with zero attached hydrogens (tertiary/aromatic N) is 1. The SMILES string of the molecule is CC(C)(C)c1ccc2c(c1)B1c3cc(C(C)(C)C)ccc3Oc3cc(-n4c5ccccc5c5ccc6oc7ccccc7c6c54)cc(c31)O2. The lowest BCUT2D eigenvalue weighted by atomic mass is 9.34. The molecule has 2 aliphatic heterocycles. The van der Waals surface area contributed by atoms with E-state index in [0.717, 1.165) is 67.1 Å². The van der Waals surface area contributed by atoms with E-state index >= 15 is 0 Å². The lowest BCUT2D eigenvalue weighted by Gasteiger charge is -2.35. The highest BCUT2D eigenvalue weighted by Crippen LogP contribution is 2.44. The van der Waals surface area contributed by atoms with E-state index in [1.165, 1.54) is 32.8 Å². The fourth-order valence-corrected chi connectivity index (χ4v) is 8.09. The van der Waals surface area contributed by atoms with Crippen molar-refractivity contribution in [1.82, 2.24) is 4.57 Å². The van der Waals surface area contributed by atoms with E-state index in [2.05, 4.69) is 143 Å². The Morgan fingerprint density at radius 2 is 1.12 bits per heavy atom. The average Bonchev–Trinajstić information content (AvgIpc) is 3.62. The molecule has 0 N–H and O–H groups in total. The fraction of sp³-hybridized carbons (Fsp3) is 0.182. The number of furan rings is 1. The van der Waals surface area contributed by atoms with Crippen LogP contribution in [0.2, 0.25) is 0 Å². The molecular formula is C44H36BNO3. The summed E-state index contributed by atoms with van der Waals surface area (Å²) >= 11 is 0. The van der Waals surface area contributed by atoms with Crippen LogP contribution in [0.5, 0.6) is 23.0 Å². The van der Waals surface area contributed by atoms with Gasteiger partial charge in [-0.15, -0.1) is 0 Å². The fourth-order valence-electron chi connectivity index (χ4n) is 8.09. The quantitative estimate of drug-likeness (QED) is 0.168. The predicted molar refractivity (Wildman–Crippen MR) is 203 cm³/mol. The second-order valence-electron chi connectivity index (χ2n) is 15.8. The molecule has 238 valence electrons. The van der Waals surface area contributed by atoms with E-state index in [4.69, 9.17) is 13.9 Å². The number of hydrogen-bond acceptors (Lipinski definition) is 3. The summed E-state index contributed by atoms with van der Waals surface area (Å²) in [5.41, 5.74) is 11.0. The second-order valence-corrected chi connectivity index (χ2v) is 15.8. The van der Waals surface area contributed by atoms with Crippen LogP contribution in [0.4, 0.5) is 0 Å². The van der Waals surface area contributed by atoms with Gasteiger partial charge in [-0.3, -0.25) is 0 Å². The summed E-state index contributed by atoms with van der Waals surface area (Å²) in [7, 11) is 0. The number of fused-ring (bicyclic) bond motifs is 11.